The van der Waals surface area contributed by atoms with Crippen molar-refractivity contribution in [1.29, 1.82) is 0 Å². The Morgan fingerprint density at radius 1 is 1.07 bits per heavy atom. The summed E-state index contributed by atoms with van der Waals surface area (Å²) < 4.78 is 16.4. The molecule has 2 aliphatic heterocycles. The lowest BCUT2D eigenvalue weighted by molar-refractivity contribution is 0.0635. The van der Waals surface area contributed by atoms with Crippen LogP contribution in [0.15, 0.2) is 42.5 Å². The number of carbonyl (C=O) groups is 2. The molecule has 28 heavy (non-hydrogen) atoms. The van der Waals surface area contributed by atoms with Gasteiger partial charge >= 0.3 is 0 Å². The maximum atomic E-state index is 13.0. The zero-order valence-electron chi connectivity index (χ0n) is 15.8. The molecule has 0 unspecified atom stereocenters. The number of nitrogens with zero attached hydrogens (tertiary/aromatic N) is 1. The zero-order chi connectivity index (χ0) is 19.5. The van der Waals surface area contributed by atoms with Crippen LogP contribution in [0.3, 0.4) is 0 Å². The van der Waals surface area contributed by atoms with E-state index in [0.717, 1.165) is 12.8 Å². The Balaban J connectivity index is 1.50. The number of methoxy groups -OCH3 is 1. The van der Waals surface area contributed by atoms with Crippen molar-refractivity contribution in [3.63, 3.8) is 0 Å². The van der Waals surface area contributed by atoms with Gasteiger partial charge in [-0.3, -0.25) is 9.59 Å². The van der Waals surface area contributed by atoms with E-state index in [1.165, 1.54) is 0 Å². The molecule has 0 saturated carbocycles. The Hall–Kier alpha value is -3.02. The Morgan fingerprint density at radius 2 is 1.86 bits per heavy atom. The normalized spacial score (nSPS) is 18.5. The van der Waals surface area contributed by atoms with Gasteiger partial charge < -0.3 is 19.1 Å². The number of ether oxygens (including phenoxy) is 3. The molecule has 1 saturated heterocycles. The van der Waals surface area contributed by atoms with Crippen molar-refractivity contribution in [1.82, 2.24) is 4.90 Å². The average Bonchev–Trinajstić information content (AvgIpc) is 2.77. The van der Waals surface area contributed by atoms with Crippen LogP contribution in [0.5, 0.6) is 17.2 Å². The van der Waals surface area contributed by atoms with Gasteiger partial charge in [0.2, 0.25) is 0 Å². The van der Waals surface area contributed by atoms with Crippen molar-refractivity contribution < 1.29 is 23.8 Å². The quantitative estimate of drug-likeness (QED) is 0.761. The first-order valence-corrected chi connectivity index (χ1v) is 9.53. The fraction of sp³-hybridized carbons (Fsp3) is 0.364. The highest BCUT2D eigenvalue weighted by Crippen LogP contribution is 2.32. The molecule has 1 amide bonds. The molecule has 6 heteroatoms. The lowest BCUT2D eigenvalue weighted by Crippen LogP contribution is -2.42. The van der Waals surface area contributed by atoms with E-state index in [1.807, 2.05) is 12.1 Å². The minimum absolute atomic E-state index is 0.0251. The van der Waals surface area contributed by atoms with Gasteiger partial charge in [-0.2, -0.15) is 0 Å². The van der Waals surface area contributed by atoms with Gasteiger partial charge in [0.25, 0.3) is 5.91 Å². The van der Waals surface area contributed by atoms with E-state index in [1.54, 1.807) is 42.3 Å². The summed E-state index contributed by atoms with van der Waals surface area (Å²) in [7, 11) is 1.56. The van der Waals surface area contributed by atoms with E-state index in [0.29, 0.717) is 54.7 Å². The van der Waals surface area contributed by atoms with E-state index in [4.69, 9.17) is 14.2 Å². The summed E-state index contributed by atoms with van der Waals surface area (Å²) in [6.07, 6.45) is 1.56. The molecular formula is C22H23NO5. The second kappa shape index (κ2) is 7.92. The number of benzene rings is 2. The molecule has 0 aromatic heterocycles. The zero-order valence-corrected chi connectivity index (χ0v) is 15.8. The van der Waals surface area contributed by atoms with Crippen LogP contribution in [0.2, 0.25) is 0 Å². The summed E-state index contributed by atoms with van der Waals surface area (Å²) in [6, 6.07) is 12.5. The van der Waals surface area contributed by atoms with E-state index in [-0.39, 0.29) is 17.6 Å². The summed E-state index contributed by atoms with van der Waals surface area (Å²) >= 11 is 0. The number of carbonyl (C=O) groups excluding carboxylic acids is 2. The number of Topliss-reactive ketones (excluding diaryl/α,β-unsaturated/α-hetero) is 1. The molecule has 0 spiro atoms. The lowest BCUT2D eigenvalue weighted by Gasteiger charge is -2.32. The van der Waals surface area contributed by atoms with Crippen LogP contribution in [0.1, 0.15) is 33.6 Å². The van der Waals surface area contributed by atoms with E-state index in [2.05, 4.69) is 0 Å². The Morgan fingerprint density at radius 3 is 2.68 bits per heavy atom. The van der Waals surface area contributed by atoms with Crippen LogP contribution in [-0.4, -0.2) is 50.0 Å². The van der Waals surface area contributed by atoms with Crippen LogP contribution < -0.4 is 14.2 Å². The summed E-state index contributed by atoms with van der Waals surface area (Å²) in [5.74, 6) is 1.53. The molecule has 6 nitrogen and oxygen atoms in total. The molecule has 2 aromatic carbocycles. The number of amides is 1. The van der Waals surface area contributed by atoms with E-state index in [9.17, 15) is 9.59 Å². The number of fused-ring (bicyclic) bond motifs is 1. The van der Waals surface area contributed by atoms with Gasteiger partial charge in [0.05, 0.1) is 12.7 Å². The molecule has 4 rings (SSSR count). The van der Waals surface area contributed by atoms with Crippen molar-refractivity contribution in [3.05, 3.63) is 53.6 Å². The molecule has 0 radical (unpaired) electrons. The number of piperidine rings is 1. The number of likely N-dealkylation sites (tertiary alicyclic amines) is 1. The van der Waals surface area contributed by atoms with Gasteiger partial charge in [-0.1, -0.05) is 12.1 Å². The fourth-order valence-electron chi connectivity index (χ4n) is 3.80. The molecule has 2 aromatic rings. The van der Waals surface area contributed by atoms with Crippen LogP contribution in [-0.2, 0) is 0 Å². The molecule has 1 fully saturated rings. The van der Waals surface area contributed by atoms with Gasteiger partial charge in [-0.15, -0.1) is 0 Å². The highest BCUT2D eigenvalue weighted by molar-refractivity contribution is 6.01. The predicted molar refractivity (Wildman–Crippen MR) is 103 cm³/mol. The van der Waals surface area contributed by atoms with Crippen LogP contribution in [0, 0.1) is 5.92 Å². The van der Waals surface area contributed by atoms with Crippen molar-refractivity contribution >= 4 is 11.7 Å². The van der Waals surface area contributed by atoms with Crippen molar-refractivity contribution in [2.45, 2.75) is 12.8 Å². The number of hydrogen-bond donors (Lipinski definition) is 0. The second-order valence-corrected chi connectivity index (χ2v) is 7.01. The summed E-state index contributed by atoms with van der Waals surface area (Å²) in [6.45, 7) is 2.04. The highest BCUT2D eigenvalue weighted by Gasteiger charge is 2.31. The fourth-order valence-corrected chi connectivity index (χ4v) is 3.80. The maximum Gasteiger partial charge on any atom is 0.254 e. The SMILES string of the molecule is COc1ccccc1C(=O)[C@@H]1CCCN(C(=O)c2ccc3c(c2)OCCO3)C1. The third-order valence-electron chi connectivity index (χ3n) is 5.24. The van der Waals surface area contributed by atoms with E-state index < -0.39 is 0 Å². The lowest BCUT2D eigenvalue weighted by atomic mass is 9.89. The molecule has 0 N–H and O–H groups in total. The molecular weight excluding hydrogens is 358 g/mol. The number of hydrogen-bond acceptors (Lipinski definition) is 5. The van der Waals surface area contributed by atoms with Gasteiger partial charge in [-0.25, -0.2) is 0 Å². The summed E-state index contributed by atoms with van der Waals surface area (Å²) in [5, 5.41) is 0. The topological polar surface area (TPSA) is 65.1 Å². The summed E-state index contributed by atoms with van der Waals surface area (Å²) in [4.78, 5) is 27.8. The maximum absolute atomic E-state index is 13.0. The third kappa shape index (κ3) is 3.54. The molecule has 0 aliphatic carbocycles. The standard InChI is InChI=1S/C22H23NO5/c1-26-18-7-3-2-6-17(18)21(24)16-5-4-10-23(14-16)22(25)15-8-9-19-20(13-15)28-12-11-27-19/h2-3,6-9,13,16H,4-5,10-12,14H2,1H3/t16-/m1/s1. The largest absolute Gasteiger partial charge is 0.496 e. The molecule has 1 atom stereocenters. The van der Waals surface area contributed by atoms with Crippen LogP contribution in [0.4, 0.5) is 0 Å². The van der Waals surface area contributed by atoms with Gasteiger partial charge in [0.15, 0.2) is 17.3 Å². The van der Waals surface area contributed by atoms with Gasteiger partial charge in [-0.05, 0) is 43.2 Å². The number of para-hydroxylation sites is 1. The highest BCUT2D eigenvalue weighted by atomic mass is 16.6. The Labute approximate surface area is 164 Å². The first kappa shape index (κ1) is 18.3. The Kier molecular flexibility index (Phi) is 5.19. The summed E-state index contributed by atoms with van der Waals surface area (Å²) in [5.41, 5.74) is 1.12. The van der Waals surface area contributed by atoms with E-state index >= 15 is 0 Å². The minimum atomic E-state index is -0.230. The van der Waals surface area contributed by atoms with Crippen molar-refractivity contribution in [2.75, 3.05) is 33.4 Å². The van der Waals surface area contributed by atoms with Crippen molar-refractivity contribution in [3.8, 4) is 17.2 Å². The molecule has 2 aliphatic rings. The average molecular weight is 381 g/mol. The number of ketones is 1. The van der Waals surface area contributed by atoms with Crippen molar-refractivity contribution in [2.24, 2.45) is 5.92 Å². The number of rotatable bonds is 4. The monoisotopic (exact) mass is 381 g/mol. The smallest absolute Gasteiger partial charge is 0.254 e. The first-order chi connectivity index (χ1) is 13.7. The predicted octanol–water partition coefficient (Wildman–Crippen LogP) is 3.20. The Bertz CT molecular complexity index is 894. The van der Waals surface area contributed by atoms with Gasteiger partial charge in [0.1, 0.15) is 19.0 Å². The van der Waals surface area contributed by atoms with Gasteiger partial charge in [0, 0.05) is 24.6 Å². The second-order valence-electron chi connectivity index (χ2n) is 7.01. The van der Waals surface area contributed by atoms with Crippen LogP contribution >= 0.6 is 0 Å². The molecule has 0 bridgehead atoms. The molecule has 146 valence electrons. The minimum Gasteiger partial charge on any atom is -0.496 e. The first-order valence-electron chi connectivity index (χ1n) is 9.53. The third-order valence-corrected chi connectivity index (χ3v) is 5.24. The van der Waals surface area contributed by atoms with Crippen LogP contribution in [0.25, 0.3) is 0 Å². The molecule has 2 heterocycles.